The molecule has 1 unspecified atom stereocenters. The molecule has 1 N–H and O–H groups in total. The Kier molecular flexibility index (Phi) is 13.7. The minimum Gasteiger partial charge on any atom is -0.467 e. The van der Waals surface area contributed by atoms with Gasteiger partial charge in [0.25, 0.3) is 0 Å². The van der Waals surface area contributed by atoms with Gasteiger partial charge in [-0.2, -0.15) is 28.4 Å². The Labute approximate surface area is 273 Å². The molecule has 2 saturated heterocycles. The zero-order valence-electron chi connectivity index (χ0n) is 27.6. The van der Waals surface area contributed by atoms with Crippen LogP contribution in [-0.4, -0.2) is 122 Å². The SMILES string of the molecule is CC#N.CN1CCC(O)C1.COc1nc2c(c(N3CCN(C(=O)/C=C/CN(C)C)CC3)n1)CCN(c1cccc(F)c1C(F)(F)F)C2. The maximum Gasteiger partial charge on any atom is 0.421 e. The molecule has 0 aliphatic carbocycles. The summed E-state index contributed by atoms with van der Waals surface area (Å²) in [5.74, 6) is -0.692. The second-order valence-corrected chi connectivity index (χ2v) is 11.7. The number of carbonyl (C=O) groups is 1. The van der Waals surface area contributed by atoms with Crippen LogP contribution in [0.1, 0.15) is 30.2 Å². The van der Waals surface area contributed by atoms with Crippen LogP contribution in [0.3, 0.4) is 0 Å². The fraction of sp³-hybridized carbons (Fsp3) is 0.562. The first kappa shape index (κ1) is 37.5. The summed E-state index contributed by atoms with van der Waals surface area (Å²) in [6, 6.07) is 5.23. The summed E-state index contributed by atoms with van der Waals surface area (Å²) in [7, 11) is 7.31. The second-order valence-electron chi connectivity index (χ2n) is 11.7. The van der Waals surface area contributed by atoms with E-state index in [1.54, 1.807) is 17.0 Å². The molecule has 2 aromatic rings. The summed E-state index contributed by atoms with van der Waals surface area (Å²) < 4.78 is 60.3. The number of rotatable bonds is 6. The van der Waals surface area contributed by atoms with Crippen molar-refractivity contribution in [3.05, 3.63) is 53.0 Å². The Balaban J connectivity index is 0.000000517. The van der Waals surface area contributed by atoms with Gasteiger partial charge in [0.2, 0.25) is 5.91 Å². The van der Waals surface area contributed by atoms with Crippen molar-refractivity contribution in [3.8, 4) is 12.1 Å². The van der Waals surface area contributed by atoms with E-state index in [1.807, 2.05) is 32.1 Å². The van der Waals surface area contributed by atoms with E-state index in [9.17, 15) is 22.4 Å². The molecule has 1 aromatic heterocycles. The van der Waals surface area contributed by atoms with E-state index >= 15 is 0 Å². The highest BCUT2D eigenvalue weighted by Crippen LogP contribution is 2.40. The molecule has 1 amide bonds. The van der Waals surface area contributed by atoms with Gasteiger partial charge in [0.05, 0.1) is 37.2 Å². The summed E-state index contributed by atoms with van der Waals surface area (Å²) in [5.41, 5.74) is -0.130. The predicted octanol–water partition coefficient (Wildman–Crippen LogP) is 3.18. The van der Waals surface area contributed by atoms with Crippen molar-refractivity contribution < 1.29 is 32.2 Å². The second kappa shape index (κ2) is 17.2. The molecule has 1 atom stereocenters. The number of aliphatic hydroxyl groups is 1. The number of nitriles is 1. The molecule has 2 fully saturated rings. The van der Waals surface area contributed by atoms with Crippen molar-refractivity contribution >= 4 is 17.4 Å². The molecule has 0 radical (unpaired) electrons. The molecular formula is C32H44F4N8O3. The standard InChI is InChI=1S/C25H30F4N6O2.C5H11NO.C2H3N/c1-32(2)10-5-8-21(36)33-12-14-34(15-13-33)23-17-9-11-35(16-19(17)30-24(31-23)37-3)20-7-4-6-18(26)22(20)25(27,28)29;1-6-3-2-5(7)4-6;1-2-3/h4-8H,9-16H2,1-3H3;5,7H,2-4H2,1H3;1H3/b8-5+;;. The Hall–Kier alpha value is -4.00. The van der Waals surface area contributed by atoms with E-state index in [0.29, 0.717) is 50.7 Å². The summed E-state index contributed by atoms with van der Waals surface area (Å²) >= 11 is 0. The van der Waals surface area contributed by atoms with E-state index < -0.39 is 17.6 Å². The molecule has 0 spiro atoms. The van der Waals surface area contributed by atoms with Crippen LogP contribution in [0, 0.1) is 17.1 Å². The van der Waals surface area contributed by atoms with Crippen molar-refractivity contribution in [1.82, 2.24) is 24.7 Å². The number of fused-ring (bicyclic) bond motifs is 1. The number of piperazine rings is 1. The number of nitrogens with zero attached hydrogens (tertiary/aromatic N) is 8. The number of β-amino-alcohol motifs (C(OH)–C–C–N with tert-alkyl or cyclic N) is 1. The Morgan fingerprint density at radius 2 is 1.83 bits per heavy atom. The number of aliphatic hydroxyl groups excluding tert-OH is 1. The number of benzene rings is 1. The topological polar surface area (TPSA) is 112 Å². The van der Waals surface area contributed by atoms with Gasteiger partial charge in [-0.15, -0.1) is 0 Å². The predicted molar refractivity (Wildman–Crippen MR) is 171 cm³/mol. The van der Waals surface area contributed by atoms with Gasteiger partial charge in [0, 0.05) is 70.9 Å². The number of aromatic nitrogens is 2. The van der Waals surface area contributed by atoms with E-state index in [4.69, 9.17) is 15.1 Å². The van der Waals surface area contributed by atoms with E-state index in [2.05, 4.69) is 19.8 Å². The highest BCUT2D eigenvalue weighted by Gasteiger charge is 2.39. The smallest absolute Gasteiger partial charge is 0.421 e. The van der Waals surface area contributed by atoms with Crippen LogP contribution in [0.5, 0.6) is 6.01 Å². The van der Waals surface area contributed by atoms with Crippen LogP contribution in [0.4, 0.5) is 29.1 Å². The first-order valence-electron chi connectivity index (χ1n) is 15.4. The van der Waals surface area contributed by atoms with Crippen molar-refractivity contribution in [2.45, 2.75) is 38.6 Å². The molecular weight excluding hydrogens is 620 g/mol. The van der Waals surface area contributed by atoms with Crippen molar-refractivity contribution in [3.63, 3.8) is 0 Å². The average molecular weight is 665 g/mol. The van der Waals surface area contributed by atoms with Crippen LogP contribution in [-0.2, 0) is 23.9 Å². The molecule has 15 heteroatoms. The quantitative estimate of drug-likeness (QED) is 0.365. The maximum atomic E-state index is 14.2. The number of alkyl halides is 3. The van der Waals surface area contributed by atoms with E-state index in [0.717, 1.165) is 31.1 Å². The Bertz CT molecular complexity index is 1400. The fourth-order valence-corrected chi connectivity index (χ4v) is 5.52. The maximum absolute atomic E-state index is 14.2. The number of likely N-dealkylation sites (N-methyl/N-ethyl adjacent to an activating group) is 2. The summed E-state index contributed by atoms with van der Waals surface area (Å²) in [6.07, 6.45) is -0.124. The largest absolute Gasteiger partial charge is 0.467 e. The Morgan fingerprint density at radius 1 is 1.15 bits per heavy atom. The van der Waals surface area contributed by atoms with Crippen molar-refractivity contribution in [1.29, 1.82) is 5.26 Å². The van der Waals surface area contributed by atoms with Gasteiger partial charge in [-0.05, 0) is 46.1 Å². The van der Waals surface area contributed by atoms with Crippen LogP contribution in [0.25, 0.3) is 0 Å². The summed E-state index contributed by atoms with van der Waals surface area (Å²) in [4.78, 5) is 30.9. The number of halogens is 4. The molecule has 5 rings (SSSR count). The third-order valence-corrected chi connectivity index (χ3v) is 7.81. The molecule has 4 heterocycles. The number of amides is 1. The van der Waals surface area contributed by atoms with Gasteiger partial charge in [-0.3, -0.25) is 4.79 Å². The lowest BCUT2D eigenvalue weighted by Gasteiger charge is -2.38. The molecule has 0 bridgehead atoms. The van der Waals surface area contributed by atoms with E-state index in [-0.39, 0.29) is 36.8 Å². The molecule has 1 aromatic carbocycles. The normalized spacial score (nSPS) is 18.3. The number of methoxy groups -OCH3 is 1. The van der Waals surface area contributed by atoms with Gasteiger partial charge in [-0.1, -0.05) is 12.1 Å². The van der Waals surface area contributed by atoms with Crippen LogP contribution in [0.15, 0.2) is 30.4 Å². The number of hydrogen-bond acceptors (Lipinski definition) is 10. The van der Waals surface area contributed by atoms with Gasteiger partial charge in [0.15, 0.2) is 0 Å². The first-order chi connectivity index (χ1) is 22.3. The monoisotopic (exact) mass is 664 g/mol. The molecule has 11 nitrogen and oxygen atoms in total. The number of ether oxygens (including phenoxy) is 1. The lowest BCUT2D eigenvalue weighted by molar-refractivity contribution is -0.139. The van der Waals surface area contributed by atoms with Crippen LogP contribution >= 0.6 is 0 Å². The van der Waals surface area contributed by atoms with Gasteiger partial charge < -0.3 is 34.3 Å². The number of hydrogen-bond donors (Lipinski definition) is 1. The van der Waals surface area contributed by atoms with Crippen molar-refractivity contribution in [2.24, 2.45) is 0 Å². The zero-order chi connectivity index (χ0) is 34.7. The van der Waals surface area contributed by atoms with Gasteiger partial charge in [-0.25, -0.2) is 4.39 Å². The minimum absolute atomic E-state index is 0.0463. The third-order valence-electron chi connectivity index (χ3n) is 7.81. The zero-order valence-corrected chi connectivity index (χ0v) is 27.6. The Morgan fingerprint density at radius 3 is 2.36 bits per heavy atom. The minimum atomic E-state index is -4.83. The number of anilines is 2. The lowest BCUT2D eigenvalue weighted by atomic mass is 10.0. The highest BCUT2D eigenvalue weighted by molar-refractivity contribution is 5.87. The summed E-state index contributed by atoms with van der Waals surface area (Å²) in [5, 5.41) is 16.2. The molecule has 3 aliphatic rings. The fourth-order valence-electron chi connectivity index (χ4n) is 5.52. The molecule has 258 valence electrons. The molecule has 0 saturated carbocycles. The summed E-state index contributed by atoms with van der Waals surface area (Å²) in [6.45, 7) is 6.45. The molecule has 47 heavy (non-hydrogen) atoms. The van der Waals surface area contributed by atoms with Crippen molar-refractivity contribution in [2.75, 3.05) is 90.4 Å². The van der Waals surface area contributed by atoms with Gasteiger partial charge >= 0.3 is 12.2 Å². The van der Waals surface area contributed by atoms with E-state index in [1.165, 1.54) is 31.1 Å². The third kappa shape index (κ3) is 10.5. The molecule has 3 aliphatic heterocycles. The van der Waals surface area contributed by atoms with Crippen LogP contribution < -0.4 is 14.5 Å². The number of likely N-dealkylation sites (tertiary alicyclic amines) is 1. The van der Waals surface area contributed by atoms with Crippen LogP contribution in [0.2, 0.25) is 0 Å². The highest BCUT2D eigenvalue weighted by atomic mass is 19.4. The first-order valence-corrected chi connectivity index (χ1v) is 15.4. The van der Waals surface area contributed by atoms with Gasteiger partial charge in [0.1, 0.15) is 17.2 Å². The number of carbonyl (C=O) groups excluding carboxylic acids is 1. The lowest BCUT2D eigenvalue weighted by Crippen LogP contribution is -2.49. The average Bonchev–Trinajstić information content (AvgIpc) is 3.41.